The van der Waals surface area contributed by atoms with Crippen LogP contribution in [0.4, 0.5) is 8.78 Å². The lowest BCUT2D eigenvalue weighted by molar-refractivity contribution is 0.628. The molecule has 6 rings (SSSR count). The van der Waals surface area contributed by atoms with E-state index in [0.29, 0.717) is 40.2 Å². The molecule has 0 spiro atoms. The van der Waals surface area contributed by atoms with E-state index in [1.807, 2.05) is 25.1 Å². The highest BCUT2D eigenvalue weighted by Gasteiger charge is 2.18. The summed E-state index contributed by atoms with van der Waals surface area (Å²) in [6, 6.07) is 13.3. The maximum Gasteiger partial charge on any atom is 0.157 e. The Kier molecular flexibility index (Phi) is 5.46. The molecule has 0 unspecified atom stereocenters. The van der Waals surface area contributed by atoms with Gasteiger partial charge >= 0.3 is 0 Å². The highest BCUT2D eigenvalue weighted by Crippen LogP contribution is 2.33. The average Bonchev–Trinajstić information content (AvgIpc) is 3.52. The van der Waals surface area contributed by atoms with Crippen LogP contribution in [0.2, 0.25) is 0 Å². The molecule has 0 aliphatic rings. The second-order valence-corrected chi connectivity index (χ2v) is 8.46. The van der Waals surface area contributed by atoms with E-state index in [2.05, 4.69) is 30.5 Å². The van der Waals surface area contributed by atoms with Crippen LogP contribution in [0.1, 0.15) is 12.5 Å². The number of imidazole rings is 1. The second kappa shape index (κ2) is 8.94. The molecule has 0 aliphatic heterocycles. The molecule has 4 aromatic heterocycles. The van der Waals surface area contributed by atoms with Crippen LogP contribution in [0.25, 0.3) is 55.8 Å². The molecule has 0 aliphatic carbocycles. The highest BCUT2D eigenvalue weighted by molar-refractivity contribution is 5.97. The van der Waals surface area contributed by atoms with E-state index in [4.69, 9.17) is 4.98 Å². The van der Waals surface area contributed by atoms with E-state index in [-0.39, 0.29) is 11.3 Å². The van der Waals surface area contributed by atoms with E-state index in [9.17, 15) is 4.39 Å². The molecule has 0 saturated carbocycles. The van der Waals surface area contributed by atoms with Gasteiger partial charge in [0.15, 0.2) is 11.6 Å². The fourth-order valence-corrected chi connectivity index (χ4v) is 4.31. The Morgan fingerprint density at radius 2 is 1.78 bits per heavy atom. The minimum Gasteiger partial charge on any atom is -0.337 e. The lowest BCUT2D eigenvalue weighted by Gasteiger charge is -2.06. The molecule has 4 heterocycles. The van der Waals surface area contributed by atoms with Crippen molar-refractivity contribution in [3.05, 3.63) is 84.3 Å². The first-order valence-corrected chi connectivity index (χ1v) is 11.5. The molecule has 3 N–H and O–H groups in total. The van der Waals surface area contributed by atoms with E-state index in [1.54, 1.807) is 30.7 Å². The van der Waals surface area contributed by atoms with Gasteiger partial charge in [0.25, 0.3) is 0 Å². The largest absolute Gasteiger partial charge is 0.337 e. The number of fused-ring (bicyclic) bond motifs is 2. The number of nitrogens with one attached hydrogen (secondary N) is 3. The van der Waals surface area contributed by atoms with Gasteiger partial charge in [-0.1, -0.05) is 6.92 Å². The van der Waals surface area contributed by atoms with Crippen molar-refractivity contribution in [2.45, 2.75) is 13.5 Å². The number of aromatic amines is 2. The third kappa shape index (κ3) is 3.89. The van der Waals surface area contributed by atoms with Crippen molar-refractivity contribution in [1.82, 2.24) is 35.5 Å². The number of H-pyrrole nitrogens is 2. The molecule has 178 valence electrons. The number of hydrogen-bond acceptors (Lipinski definition) is 5. The van der Waals surface area contributed by atoms with Crippen molar-refractivity contribution < 1.29 is 8.78 Å². The van der Waals surface area contributed by atoms with Crippen LogP contribution < -0.4 is 5.32 Å². The Bertz CT molecular complexity index is 1700. The van der Waals surface area contributed by atoms with E-state index >= 15 is 4.39 Å². The summed E-state index contributed by atoms with van der Waals surface area (Å²) < 4.78 is 28.5. The number of hydrogen-bond donors (Lipinski definition) is 3. The van der Waals surface area contributed by atoms with Gasteiger partial charge in [0.1, 0.15) is 22.5 Å². The Balaban J connectivity index is 1.46. The van der Waals surface area contributed by atoms with Gasteiger partial charge in [-0.3, -0.25) is 15.1 Å². The fourth-order valence-electron chi connectivity index (χ4n) is 4.31. The van der Waals surface area contributed by atoms with Crippen LogP contribution in [0.5, 0.6) is 0 Å². The van der Waals surface area contributed by atoms with Gasteiger partial charge in [-0.05, 0) is 66.2 Å². The van der Waals surface area contributed by atoms with Crippen LogP contribution in [-0.4, -0.2) is 36.7 Å². The van der Waals surface area contributed by atoms with Gasteiger partial charge in [-0.25, -0.2) is 13.8 Å². The van der Waals surface area contributed by atoms with Crippen molar-refractivity contribution in [1.29, 1.82) is 0 Å². The van der Waals surface area contributed by atoms with Gasteiger partial charge in [0.2, 0.25) is 0 Å². The van der Waals surface area contributed by atoms with Gasteiger partial charge in [-0.15, -0.1) is 0 Å². The molecular weight excluding hydrogens is 460 g/mol. The van der Waals surface area contributed by atoms with Crippen molar-refractivity contribution >= 4 is 21.9 Å². The predicted molar refractivity (Wildman–Crippen MR) is 135 cm³/mol. The Morgan fingerprint density at radius 3 is 2.61 bits per heavy atom. The Hall–Kier alpha value is -4.50. The molecular formula is C27H21F2N7. The summed E-state index contributed by atoms with van der Waals surface area (Å²) in [5.41, 5.74) is 6.04. The van der Waals surface area contributed by atoms with E-state index in [1.165, 1.54) is 18.2 Å². The minimum atomic E-state index is -0.438. The van der Waals surface area contributed by atoms with Crippen molar-refractivity contribution in [3.63, 3.8) is 0 Å². The monoisotopic (exact) mass is 481 g/mol. The topological polar surface area (TPSA) is 95.2 Å². The Labute approximate surface area is 204 Å². The first-order valence-electron chi connectivity index (χ1n) is 11.5. The van der Waals surface area contributed by atoms with Gasteiger partial charge < -0.3 is 10.3 Å². The van der Waals surface area contributed by atoms with Crippen molar-refractivity contribution in [3.8, 4) is 33.9 Å². The van der Waals surface area contributed by atoms with Crippen molar-refractivity contribution in [2.24, 2.45) is 0 Å². The summed E-state index contributed by atoms with van der Waals surface area (Å²) in [6.45, 7) is 3.57. The summed E-state index contributed by atoms with van der Waals surface area (Å²) >= 11 is 0. The van der Waals surface area contributed by atoms with Crippen LogP contribution in [0.3, 0.4) is 0 Å². The lowest BCUT2D eigenvalue weighted by Crippen LogP contribution is -2.11. The van der Waals surface area contributed by atoms with Crippen LogP contribution in [-0.2, 0) is 6.54 Å². The number of pyridine rings is 2. The maximum atomic E-state index is 15.1. The zero-order chi connectivity index (χ0) is 24.6. The first-order chi connectivity index (χ1) is 17.6. The standard InChI is InChI=1S/C27H21F2N7/c1-2-30-12-15-9-18(14-31-13-15)17-10-20-24(21(29)11-17)35-36-25(20)27-33-22-7-8-32-23(26(22)34-27)16-3-5-19(28)6-4-16/h3-11,13-14,30H,2,12H2,1H3,(H,33,34)(H,35,36). The Morgan fingerprint density at radius 1 is 0.917 bits per heavy atom. The number of benzene rings is 2. The molecule has 0 bridgehead atoms. The number of rotatable bonds is 6. The zero-order valence-corrected chi connectivity index (χ0v) is 19.3. The van der Waals surface area contributed by atoms with Gasteiger partial charge in [-0.2, -0.15) is 5.10 Å². The molecule has 0 fully saturated rings. The molecule has 0 amide bonds. The van der Waals surface area contributed by atoms with Gasteiger partial charge in [0, 0.05) is 41.6 Å². The highest BCUT2D eigenvalue weighted by atomic mass is 19.1. The summed E-state index contributed by atoms with van der Waals surface area (Å²) in [5.74, 6) is -0.260. The normalized spacial score (nSPS) is 11.5. The van der Waals surface area contributed by atoms with E-state index < -0.39 is 5.82 Å². The fraction of sp³-hybridized carbons (Fsp3) is 0.111. The maximum absolute atomic E-state index is 15.1. The lowest BCUT2D eigenvalue weighted by atomic mass is 10.0. The van der Waals surface area contributed by atoms with Crippen LogP contribution in [0.15, 0.2) is 67.1 Å². The van der Waals surface area contributed by atoms with E-state index in [0.717, 1.165) is 28.8 Å². The SMILES string of the molecule is CCNCc1cncc(-c2cc(F)c3n[nH]c(-c4nc5c(-c6ccc(F)cc6)nccc5[nH]4)c3c2)c1. The third-order valence-corrected chi connectivity index (χ3v) is 6.07. The summed E-state index contributed by atoms with van der Waals surface area (Å²) in [5, 5.41) is 11.0. The van der Waals surface area contributed by atoms with Gasteiger partial charge in [0.05, 0.1) is 11.2 Å². The zero-order valence-electron chi connectivity index (χ0n) is 19.3. The minimum absolute atomic E-state index is 0.225. The van der Waals surface area contributed by atoms with Crippen LogP contribution >= 0.6 is 0 Å². The number of aromatic nitrogens is 6. The molecule has 36 heavy (non-hydrogen) atoms. The molecule has 9 heteroatoms. The molecule has 0 saturated heterocycles. The summed E-state index contributed by atoms with van der Waals surface area (Å²) in [4.78, 5) is 16.8. The molecule has 0 radical (unpaired) electrons. The number of halogens is 2. The average molecular weight is 482 g/mol. The molecule has 0 atom stereocenters. The quantitative estimate of drug-likeness (QED) is 0.287. The second-order valence-electron chi connectivity index (χ2n) is 8.46. The summed E-state index contributed by atoms with van der Waals surface area (Å²) in [7, 11) is 0. The smallest absolute Gasteiger partial charge is 0.157 e. The number of nitrogens with zero attached hydrogens (tertiary/aromatic N) is 4. The first kappa shape index (κ1) is 22.0. The third-order valence-electron chi connectivity index (χ3n) is 6.07. The summed E-state index contributed by atoms with van der Waals surface area (Å²) in [6.07, 6.45) is 5.18. The molecule has 7 nitrogen and oxygen atoms in total. The van der Waals surface area contributed by atoms with Crippen molar-refractivity contribution in [2.75, 3.05) is 6.54 Å². The molecule has 6 aromatic rings. The molecule has 2 aromatic carbocycles. The van der Waals surface area contributed by atoms with Crippen LogP contribution in [0, 0.1) is 11.6 Å². The predicted octanol–water partition coefficient (Wildman–Crippen LogP) is 5.62.